The van der Waals surface area contributed by atoms with Crippen LogP contribution in [0.5, 0.6) is 0 Å². The highest BCUT2D eigenvalue weighted by atomic mass is 19.1. The summed E-state index contributed by atoms with van der Waals surface area (Å²) in [5, 5.41) is 15.8. The lowest BCUT2D eigenvalue weighted by atomic mass is 9.79. The number of benzene rings is 1. The highest BCUT2D eigenvalue weighted by Crippen LogP contribution is 2.38. The van der Waals surface area contributed by atoms with Gasteiger partial charge in [-0.05, 0) is 44.4 Å². The third-order valence-electron chi connectivity index (χ3n) is 8.57. The molecule has 0 radical (unpaired) electrons. The van der Waals surface area contributed by atoms with Crippen LogP contribution in [0.3, 0.4) is 0 Å². The zero-order chi connectivity index (χ0) is 28.2. The fraction of sp³-hybridized carbons (Fsp3) is 0.484. The van der Waals surface area contributed by atoms with Crippen molar-refractivity contribution in [2.75, 3.05) is 26.2 Å². The van der Waals surface area contributed by atoms with E-state index in [4.69, 9.17) is 0 Å². The normalized spacial score (nSPS) is 23.6. The van der Waals surface area contributed by atoms with Crippen LogP contribution in [0.1, 0.15) is 69.5 Å². The number of nitrogens with one attached hydrogen (secondary N) is 2. The first kappa shape index (κ1) is 27.9. The number of nitrogens with zero attached hydrogens (tertiary/aromatic N) is 5. The SMILES string of the molecule is CC(C)N1CCN(C2(NC(=O)NC3(c4ccnc(C#N)n4)CCCCC3)C=CC(c3ccccc3)=C(F)C2)CC1. The molecule has 2 N–H and O–H groups in total. The summed E-state index contributed by atoms with van der Waals surface area (Å²) < 4.78 is 15.9. The van der Waals surface area contributed by atoms with Crippen LogP contribution >= 0.6 is 0 Å². The molecule has 9 heteroatoms. The van der Waals surface area contributed by atoms with E-state index in [1.165, 1.54) is 0 Å². The number of hydrogen-bond acceptors (Lipinski definition) is 6. The van der Waals surface area contributed by atoms with Gasteiger partial charge in [0.05, 0.1) is 11.2 Å². The molecule has 3 aliphatic rings. The highest BCUT2D eigenvalue weighted by Gasteiger charge is 2.44. The van der Waals surface area contributed by atoms with Gasteiger partial charge in [0.25, 0.3) is 0 Å². The van der Waals surface area contributed by atoms with Gasteiger partial charge in [0, 0.05) is 50.4 Å². The molecule has 8 nitrogen and oxygen atoms in total. The van der Waals surface area contributed by atoms with Gasteiger partial charge in [0.15, 0.2) is 0 Å². The zero-order valence-electron chi connectivity index (χ0n) is 23.4. The maximum atomic E-state index is 15.9. The minimum Gasteiger partial charge on any atom is -0.327 e. The molecular weight excluding hydrogens is 505 g/mol. The van der Waals surface area contributed by atoms with E-state index in [1.807, 2.05) is 48.6 Å². The van der Waals surface area contributed by atoms with Crippen LogP contribution < -0.4 is 10.6 Å². The van der Waals surface area contributed by atoms with E-state index in [0.29, 0.717) is 43.2 Å². The summed E-state index contributed by atoms with van der Waals surface area (Å²) in [6, 6.07) is 13.4. The monoisotopic (exact) mass is 543 g/mol. The number of carbonyl (C=O) groups excluding carboxylic acids is 1. The lowest BCUT2D eigenvalue weighted by Crippen LogP contribution is -2.67. The van der Waals surface area contributed by atoms with E-state index in [2.05, 4.69) is 44.2 Å². The second-order valence-electron chi connectivity index (χ2n) is 11.3. The fourth-order valence-corrected chi connectivity index (χ4v) is 6.32. The summed E-state index contributed by atoms with van der Waals surface area (Å²) in [4.78, 5) is 26.9. The van der Waals surface area contributed by atoms with E-state index in [0.717, 1.165) is 37.9 Å². The van der Waals surface area contributed by atoms with Crippen LogP contribution in [-0.4, -0.2) is 63.7 Å². The molecule has 2 fully saturated rings. The molecule has 1 saturated carbocycles. The van der Waals surface area contributed by atoms with Crippen molar-refractivity contribution in [3.63, 3.8) is 0 Å². The summed E-state index contributed by atoms with van der Waals surface area (Å²) in [6.45, 7) is 7.46. The van der Waals surface area contributed by atoms with Crippen LogP contribution in [0.2, 0.25) is 0 Å². The number of amides is 2. The van der Waals surface area contributed by atoms with Crippen molar-refractivity contribution in [2.45, 2.75) is 69.6 Å². The number of urea groups is 1. The Balaban J connectivity index is 1.43. The smallest absolute Gasteiger partial charge is 0.317 e. The first-order valence-corrected chi connectivity index (χ1v) is 14.3. The summed E-state index contributed by atoms with van der Waals surface area (Å²) in [7, 11) is 0. The van der Waals surface area contributed by atoms with E-state index in [9.17, 15) is 10.1 Å². The average Bonchev–Trinajstić information content (AvgIpc) is 2.98. The van der Waals surface area contributed by atoms with Gasteiger partial charge in [0.1, 0.15) is 17.6 Å². The number of rotatable bonds is 6. The van der Waals surface area contributed by atoms with E-state index < -0.39 is 11.2 Å². The van der Waals surface area contributed by atoms with Gasteiger partial charge in [0.2, 0.25) is 5.82 Å². The van der Waals surface area contributed by atoms with Crippen molar-refractivity contribution < 1.29 is 9.18 Å². The molecule has 1 saturated heterocycles. The van der Waals surface area contributed by atoms with Crippen molar-refractivity contribution >= 4 is 11.6 Å². The number of nitriles is 1. The topological polar surface area (TPSA) is 97.2 Å². The third-order valence-corrected chi connectivity index (χ3v) is 8.57. The molecule has 1 atom stereocenters. The van der Waals surface area contributed by atoms with E-state index >= 15 is 4.39 Å². The van der Waals surface area contributed by atoms with Crippen LogP contribution in [0.15, 0.2) is 60.6 Å². The minimum atomic E-state index is -1.01. The zero-order valence-corrected chi connectivity index (χ0v) is 23.4. The molecule has 5 rings (SSSR count). The molecule has 2 aliphatic carbocycles. The number of piperazine rings is 1. The Labute approximate surface area is 236 Å². The average molecular weight is 544 g/mol. The molecule has 0 spiro atoms. The Bertz CT molecular complexity index is 1300. The van der Waals surface area contributed by atoms with Crippen molar-refractivity contribution in [2.24, 2.45) is 0 Å². The number of aromatic nitrogens is 2. The molecule has 1 aliphatic heterocycles. The quantitative estimate of drug-likeness (QED) is 0.540. The lowest BCUT2D eigenvalue weighted by molar-refractivity contribution is 0.0298. The van der Waals surface area contributed by atoms with Gasteiger partial charge < -0.3 is 10.6 Å². The van der Waals surface area contributed by atoms with E-state index in [1.54, 1.807) is 12.3 Å². The molecule has 1 aromatic carbocycles. The predicted octanol–water partition coefficient (Wildman–Crippen LogP) is 4.87. The number of allylic oxidation sites excluding steroid dienone is 2. The lowest BCUT2D eigenvalue weighted by Gasteiger charge is -2.48. The molecule has 210 valence electrons. The third kappa shape index (κ3) is 5.79. The fourth-order valence-electron chi connectivity index (χ4n) is 6.32. The highest BCUT2D eigenvalue weighted by molar-refractivity contribution is 5.80. The van der Waals surface area contributed by atoms with Crippen molar-refractivity contribution in [1.82, 2.24) is 30.4 Å². The molecule has 2 heterocycles. The maximum absolute atomic E-state index is 15.9. The summed E-state index contributed by atoms with van der Waals surface area (Å²) in [5.41, 5.74) is 0.292. The molecule has 0 bridgehead atoms. The van der Waals surface area contributed by atoms with Crippen LogP contribution in [0, 0.1) is 11.3 Å². The number of halogens is 1. The van der Waals surface area contributed by atoms with Crippen LogP contribution in [0.4, 0.5) is 9.18 Å². The number of hydrogen-bond donors (Lipinski definition) is 2. The summed E-state index contributed by atoms with van der Waals surface area (Å²) in [5.74, 6) is -0.165. The molecule has 40 heavy (non-hydrogen) atoms. The van der Waals surface area contributed by atoms with Gasteiger partial charge >= 0.3 is 6.03 Å². The van der Waals surface area contributed by atoms with Crippen LogP contribution in [0.25, 0.3) is 5.57 Å². The molecule has 1 unspecified atom stereocenters. The van der Waals surface area contributed by atoms with Gasteiger partial charge in [-0.25, -0.2) is 19.2 Å². The second-order valence-corrected chi connectivity index (χ2v) is 11.3. The first-order valence-electron chi connectivity index (χ1n) is 14.3. The predicted molar refractivity (Wildman–Crippen MR) is 152 cm³/mol. The minimum absolute atomic E-state index is 0.0436. The number of carbonyl (C=O) groups is 1. The molecule has 1 aromatic heterocycles. The van der Waals surface area contributed by atoms with Crippen LogP contribution in [-0.2, 0) is 5.54 Å². The Kier molecular flexibility index (Phi) is 8.29. The van der Waals surface area contributed by atoms with Gasteiger partial charge in [-0.2, -0.15) is 5.26 Å². The first-order chi connectivity index (χ1) is 19.3. The Hall–Kier alpha value is -3.61. The summed E-state index contributed by atoms with van der Waals surface area (Å²) in [6.07, 6.45) is 9.75. The molecule has 2 aromatic rings. The van der Waals surface area contributed by atoms with Gasteiger partial charge in [-0.1, -0.05) is 55.7 Å². The van der Waals surface area contributed by atoms with Crippen molar-refractivity contribution in [3.05, 3.63) is 77.7 Å². The molecular formula is C31H38FN7O. The Morgan fingerprint density at radius 2 is 1.77 bits per heavy atom. The largest absolute Gasteiger partial charge is 0.327 e. The second kappa shape index (κ2) is 11.9. The standard InChI is InChI=1S/C31H38FN7O/c1-23(2)38-17-19-39(20-18-38)31(15-11-25(26(32)21-31)24-9-5-3-6-10-24)37-29(40)36-30(13-7-4-8-14-30)27-12-16-34-28(22-33)35-27/h3,5-6,9-12,15-16,23H,4,7-8,13-14,17-21H2,1-2H3,(H2,36,37,40). The van der Waals surface area contributed by atoms with Gasteiger partial charge in [-0.15, -0.1) is 0 Å². The van der Waals surface area contributed by atoms with Crippen molar-refractivity contribution in [3.8, 4) is 6.07 Å². The van der Waals surface area contributed by atoms with Gasteiger partial charge in [-0.3, -0.25) is 9.80 Å². The Morgan fingerprint density at radius 3 is 2.42 bits per heavy atom. The van der Waals surface area contributed by atoms with E-state index in [-0.39, 0.29) is 24.1 Å². The molecule has 2 amide bonds. The Morgan fingerprint density at radius 1 is 1.05 bits per heavy atom. The van der Waals surface area contributed by atoms with Crippen molar-refractivity contribution in [1.29, 1.82) is 5.26 Å². The summed E-state index contributed by atoms with van der Waals surface area (Å²) >= 11 is 0. The maximum Gasteiger partial charge on any atom is 0.317 e.